The van der Waals surface area contributed by atoms with Crippen molar-refractivity contribution in [2.75, 3.05) is 20.8 Å². The predicted molar refractivity (Wildman–Crippen MR) is 82.5 cm³/mol. The molecule has 1 saturated carbocycles. The second kappa shape index (κ2) is 6.98. The standard InChI is InChI=1S/C17H27NO2/c1-4-12-8-9-13(11-18)14(10-12)17-15(19-2)6-5-7-16(17)20-3/h5-7,12-14H,4,8-11,18H2,1-3H3. The number of rotatable bonds is 5. The van der Waals surface area contributed by atoms with Gasteiger partial charge in [0.25, 0.3) is 0 Å². The Morgan fingerprint density at radius 2 is 1.80 bits per heavy atom. The van der Waals surface area contributed by atoms with Crippen LogP contribution in [-0.4, -0.2) is 20.8 Å². The SMILES string of the molecule is CCC1CCC(CN)C(c2c(OC)cccc2OC)C1. The van der Waals surface area contributed by atoms with Crippen molar-refractivity contribution in [1.29, 1.82) is 0 Å². The molecule has 3 atom stereocenters. The molecule has 20 heavy (non-hydrogen) atoms. The van der Waals surface area contributed by atoms with Crippen molar-refractivity contribution < 1.29 is 9.47 Å². The van der Waals surface area contributed by atoms with Crippen LogP contribution < -0.4 is 15.2 Å². The van der Waals surface area contributed by atoms with Crippen LogP contribution in [0, 0.1) is 11.8 Å². The highest BCUT2D eigenvalue weighted by molar-refractivity contribution is 5.47. The fourth-order valence-electron chi connectivity index (χ4n) is 3.57. The predicted octanol–water partition coefficient (Wildman–Crippen LogP) is 3.57. The molecule has 1 aromatic carbocycles. The number of hydrogen-bond acceptors (Lipinski definition) is 3. The highest BCUT2D eigenvalue weighted by Gasteiger charge is 2.33. The summed E-state index contributed by atoms with van der Waals surface area (Å²) in [7, 11) is 3.46. The third-order valence-electron chi connectivity index (χ3n) is 4.82. The second-order valence-corrected chi connectivity index (χ2v) is 5.77. The Kier molecular flexibility index (Phi) is 5.30. The molecule has 0 spiro atoms. The number of hydrogen-bond donors (Lipinski definition) is 1. The molecule has 0 saturated heterocycles. The van der Waals surface area contributed by atoms with Gasteiger partial charge in [0, 0.05) is 5.56 Å². The summed E-state index contributed by atoms with van der Waals surface area (Å²) < 4.78 is 11.2. The molecule has 0 bridgehead atoms. The lowest BCUT2D eigenvalue weighted by Crippen LogP contribution is -2.29. The monoisotopic (exact) mass is 277 g/mol. The van der Waals surface area contributed by atoms with E-state index in [0.717, 1.165) is 24.0 Å². The van der Waals surface area contributed by atoms with E-state index in [4.69, 9.17) is 15.2 Å². The first-order chi connectivity index (χ1) is 9.74. The highest BCUT2D eigenvalue weighted by Crippen LogP contribution is 2.47. The molecule has 0 aromatic heterocycles. The van der Waals surface area contributed by atoms with Crippen molar-refractivity contribution in [3.05, 3.63) is 23.8 Å². The lowest BCUT2D eigenvalue weighted by molar-refractivity contribution is 0.227. The van der Waals surface area contributed by atoms with Gasteiger partial charge in [0.15, 0.2) is 0 Å². The van der Waals surface area contributed by atoms with Gasteiger partial charge in [-0.15, -0.1) is 0 Å². The maximum absolute atomic E-state index is 6.02. The summed E-state index contributed by atoms with van der Waals surface area (Å²) in [6.45, 7) is 3.02. The summed E-state index contributed by atoms with van der Waals surface area (Å²) in [5.74, 6) is 3.64. The molecule has 0 aliphatic heterocycles. The summed E-state index contributed by atoms with van der Waals surface area (Å²) in [4.78, 5) is 0. The lowest BCUT2D eigenvalue weighted by Gasteiger charge is -2.36. The van der Waals surface area contributed by atoms with Crippen molar-refractivity contribution in [1.82, 2.24) is 0 Å². The topological polar surface area (TPSA) is 44.5 Å². The second-order valence-electron chi connectivity index (χ2n) is 5.77. The normalized spacial score (nSPS) is 26.3. The number of methoxy groups -OCH3 is 2. The summed E-state index contributed by atoms with van der Waals surface area (Å²) in [6.07, 6.45) is 4.94. The lowest BCUT2D eigenvalue weighted by atomic mass is 9.70. The van der Waals surface area contributed by atoms with Crippen molar-refractivity contribution in [2.24, 2.45) is 17.6 Å². The highest BCUT2D eigenvalue weighted by atomic mass is 16.5. The number of nitrogens with two attached hydrogens (primary N) is 1. The summed E-state index contributed by atoms with van der Waals surface area (Å²) in [5.41, 5.74) is 7.23. The van der Waals surface area contributed by atoms with Gasteiger partial charge in [0.2, 0.25) is 0 Å². The summed E-state index contributed by atoms with van der Waals surface area (Å²) in [5, 5.41) is 0. The van der Waals surface area contributed by atoms with Crippen LogP contribution in [0.2, 0.25) is 0 Å². The Labute approximate surface area is 122 Å². The Bertz CT molecular complexity index is 411. The maximum Gasteiger partial charge on any atom is 0.126 e. The quantitative estimate of drug-likeness (QED) is 0.894. The van der Waals surface area contributed by atoms with Gasteiger partial charge < -0.3 is 15.2 Å². The van der Waals surface area contributed by atoms with Crippen molar-refractivity contribution in [3.63, 3.8) is 0 Å². The van der Waals surface area contributed by atoms with E-state index >= 15 is 0 Å². The van der Waals surface area contributed by atoms with Crippen LogP contribution in [0.1, 0.15) is 44.1 Å². The molecule has 3 unspecified atom stereocenters. The summed E-state index contributed by atoms with van der Waals surface area (Å²) >= 11 is 0. The fourth-order valence-corrected chi connectivity index (χ4v) is 3.57. The molecular formula is C17H27NO2. The van der Waals surface area contributed by atoms with Gasteiger partial charge in [-0.1, -0.05) is 25.8 Å². The van der Waals surface area contributed by atoms with E-state index in [1.54, 1.807) is 14.2 Å². The molecular weight excluding hydrogens is 250 g/mol. The smallest absolute Gasteiger partial charge is 0.126 e. The van der Waals surface area contributed by atoms with E-state index in [1.807, 2.05) is 18.2 Å². The van der Waals surface area contributed by atoms with E-state index in [1.165, 1.54) is 31.2 Å². The molecule has 112 valence electrons. The molecule has 1 fully saturated rings. The molecule has 0 heterocycles. The Hall–Kier alpha value is -1.22. The molecule has 3 nitrogen and oxygen atoms in total. The molecule has 1 aromatic rings. The third kappa shape index (κ3) is 2.93. The van der Waals surface area contributed by atoms with Gasteiger partial charge in [0.1, 0.15) is 11.5 Å². The molecule has 0 radical (unpaired) electrons. The van der Waals surface area contributed by atoms with Crippen molar-refractivity contribution in [3.8, 4) is 11.5 Å². The van der Waals surface area contributed by atoms with Crippen molar-refractivity contribution >= 4 is 0 Å². The molecule has 2 N–H and O–H groups in total. The maximum atomic E-state index is 6.02. The number of ether oxygens (including phenoxy) is 2. The first-order valence-electron chi connectivity index (χ1n) is 7.66. The fraction of sp³-hybridized carbons (Fsp3) is 0.647. The number of benzene rings is 1. The zero-order valence-corrected chi connectivity index (χ0v) is 12.9. The first kappa shape index (κ1) is 15.2. The van der Waals surface area contributed by atoms with Gasteiger partial charge >= 0.3 is 0 Å². The molecule has 1 aliphatic carbocycles. The van der Waals surface area contributed by atoms with E-state index in [0.29, 0.717) is 11.8 Å². The van der Waals surface area contributed by atoms with E-state index in [-0.39, 0.29) is 0 Å². The Balaban J connectivity index is 2.40. The minimum absolute atomic E-state index is 0.449. The zero-order valence-electron chi connectivity index (χ0n) is 12.9. The van der Waals surface area contributed by atoms with Gasteiger partial charge in [-0.3, -0.25) is 0 Å². The minimum Gasteiger partial charge on any atom is -0.496 e. The third-order valence-corrected chi connectivity index (χ3v) is 4.82. The van der Waals surface area contributed by atoms with Gasteiger partial charge in [0.05, 0.1) is 14.2 Å². The summed E-state index contributed by atoms with van der Waals surface area (Å²) in [6, 6.07) is 6.04. The van der Waals surface area contributed by atoms with E-state index < -0.39 is 0 Å². The Morgan fingerprint density at radius 1 is 1.15 bits per heavy atom. The first-order valence-corrected chi connectivity index (χ1v) is 7.66. The molecule has 1 aliphatic rings. The molecule has 2 rings (SSSR count). The van der Waals surface area contributed by atoms with Gasteiger partial charge in [-0.2, -0.15) is 0 Å². The van der Waals surface area contributed by atoms with Gasteiger partial charge in [-0.05, 0) is 49.3 Å². The minimum atomic E-state index is 0.449. The average molecular weight is 277 g/mol. The van der Waals surface area contributed by atoms with Crippen LogP contribution in [0.5, 0.6) is 11.5 Å². The van der Waals surface area contributed by atoms with Crippen LogP contribution in [0.15, 0.2) is 18.2 Å². The van der Waals surface area contributed by atoms with Crippen molar-refractivity contribution in [2.45, 2.75) is 38.5 Å². The van der Waals surface area contributed by atoms with Crippen LogP contribution in [0.25, 0.3) is 0 Å². The zero-order chi connectivity index (χ0) is 14.5. The molecule has 3 heteroatoms. The van der Waals surface area contributed by atoms with E-state index in [9.17, 15) is 0 Å². The van der Waals surface area contributed by atoms with Gasteiger partial charge in [-0.25, -0.2) is 0 Å². The van der Waals surface area contributed by atoms with E-state index in [2.05, 4.69) is 6.92 Å². The van der Waals surface area contributed by atoms with Crippen LogP contribution in [0.3, 0.4) is 0 Å². The average Bonchev–Trinajstić information content (AvgIpc) is 2.53. The van der Waals surface area contributed by atoms with Crippen LogP contribution >= 0.6 is 0 Å². The van der Waals surface area contributed by atoms with Crippen LogP contribution in [0.4, 0.5) is 0 Å². The Morgan fingerprint density at radius 3 is 2.30 bits per heavy atom. The van der Waals surface area contributed by atoms with Crippen LogP contribution in [-0.2, 0) is 0 Å². The molecule has 0 amide bonds. The largest absolute Gasteiger partial charge is 0.496 e.